The Bertz CT molecular complexity index is 3050. The Morgan fingerprint density at radius 2 is 0.978 bits per heavy atom. The van der Waals surface area contributed by atoms with Crippen LogP contribution in [0.1, 0.15) is 15.1 Å². The number of furan rings is 1. The van der Waals surface area contributed by atoms with Crippen molar-refractivity contribution in [2.75, 3.05) is 0 Å². The molecule has 0 aliphatic carbocycles. The van der Waals surface area contributed by atoms with Gasteiger partial charge in [-0.2, -0.15) is 0 Å². The van der Waals surface area contributed by atoms with Crippen LogP contribution in [-0.2, 0) is 0 Å². The van der Waals surface area contributed by atoms with Crippen LogP contribution < -0.4 is 0 Å². The first-order valence-electron chi connectivity index (χ1n) is 20.0. The smallest absolute Gasteiger partial charge is 0.143 e. The maximum atomic E-state index is 9.36. The summed E-state index contributed by atoms with van der Waals surface area (Å²) in [4.78, 5) is 0. The number of fused-ring (bicyclic) bond motifs is 5. The van der Waals surface area contributed by atoms with E-state index in [1.807, 2.05) is 66.7 Å². The van der Waals surface area contributed by atoms with Crippen LogP contribution in [-0.4, -0.2) is 0 Å². The summed E-state index contributed by atoms with van der Waals surface area (Å²) in [6.07, 6.45) is 0. The van der Waals surface area contributed by atoms with Gasteiger partial charge in [-0.25, -0.2) is 0 Å². The first-order valence-corrected chi connectivity index (χ1v) is 14.5. The highest BCUT2D eigenvalue weighted by Crippen LogP contribution is 2.46. The highest BCUT2D eigenvalue weighted by Gasteiger charge is 2.20. The zero-order valence-electron chi connectivity index (χ0n) is 34.7. The quantitative estimate of drug-likeness (QED) is 0.188. The molecule has 9 rings (SSSR count). The van der Waals surface area contributed by atoms with E-state index < -0.39 is 66.0 Å². The first-order chi connectivity index (χ1) is 26.9. The lowest BCUT2D eigenvalue weighted by Crippen LogP contribution is -1.91. The summed E-state index contributed by atoms with van der Waals surface area (Å²) < 4.78 is 103. The van der Waals surface area contributed by atoms with E-state index in [0.29, 0.717) is 5.56 Å². The molecule has 0 amide bonds. The molecule has 0 radical (unpaired) electrons. The Balaban J connectivity index is 1.39. The molecular weight excluding hydrogens is 544 g/mol. The molecule has 0 aliphatic rings. The molecule has 0 N–H and O–H groups in total. The zero-order valence-corrected chi connectivity index (χ0v) is 23.7. The van der Waals surface area contributed by atoms with Crippen LogP contribution in [0.5, 0.6) is 0 Å². The Morgan fingerprint density at radius 1 is 0.378 bits per heavy atom. The summed E-state index contributed by atoms with van der Waals surface area (Å²) in [5, 5.41) is 3.03. The number of benzene rings is 8. The molecule has 0 spiro atoms. The molecule has 1 heterocycles. The van der Waals surface area contributed by atoms with Gasteiger partial charge in [-0.1, -0.05) is 158 Å². The average Bonchev–Trinajstić information content (AvgIpc) is 3.63. The van der Waals surface area contributed by atoms with Crippen molar-refractivity contribution in [1.29, 1.82) is 0 Å². The molecule has 0 unspecified atom stereocenters. The third kappa shape index (κ3) is 4.17. The lowest BCUT2D eigenvalue weighted by Gasteiger charge is -2.18. The second-order valence-electron chi connectivity index (χ2n) is 10.8. The van der Waals surface area contributed by atoms with E-state index in [4.69, 9.17) is 16.8 Å². The van der Waals surface area contributed by atoms with Crippen LogP contribution in [0, 0.1) is 0 Å². The Kier molecular flexibility index (Phi) is 3.87. The van der Waals surface area contributed by atoms with Crippen molar-refractivity contribution in [3.63, 3.8) is 0 Å². The molecule has 210 valence electrons. The van der Waals surface area contributed by atoms with Gasteiger partial charge in [-0.05, 0) is 67.0 Å². The summed E-state index contributed by atoms with van der Waals surface area (Å²) in [6, 6.07) is 27.8. The van der Waals surface area contributed by atoms with Gasteiger partial charge >= 0.3 is 0 Å². The van der Waals surface area contributed by atoms with E-state index in [-0.39, 0.29) is 39.1 Å². The van der Waals surface area contributed by atoms with Crippen LogP contribution in [0.3, 0.4) is 0 Å². The van der Waals surface area contributed by atoms with E-state index in [1.54, 1.807) is 0 Å². The van der Waals surface area contributed by atoms with E-state index in [2.05, 4.69) is 36.4 Å². The van der Waals surface area contributed by atoms with Crippen molar-refractivity contribution in [1.82, 2.24) is 0 Å². The molecular formula is C44H28O. The van der Waals surface area contributed by atoms with Gasteiger partial charge in [-0.3, -0.25) is 0 Å². The average molecular weight is 584 g/mol. The Labute approximate surface area is 277 Å². The summed E-state index contributed by atoms with van der Waals surface area (Å²) in [7, 11) is 0. The van der Waals surface area contributed by atoms with E-state index >= 15 is 0 Å². The zero-order chi connectivity index (χ0) is 39.3. The third-order valence-corrected chi connectivity index (χ3v) is 8.27. The van der Waals surface area contributed by atoms with Crippen LogP contribution in [0.25, 0.3) is 88.0 Å². The van der Waals surface area contributed by atoms with Crippen LogP contribution in [0.2, 0.25) is 0 Å². The second-order valence-corrected chi connectivity index (χ2v) is 10.8. The molecule has 1 heteroatoms. The monoisotopic (exact) mass is 583 g/mol. The van der Waals surface area contributed by atoms with Crippen molar-refractivity contribution in [3.05, 3.63) is 170 Å². The lowest BCUT2D eigenvalue weighted by molar-refractivity contribution is 0.670. The van der Waals surface area contributed by atoms with Crippen LogP contribution in [0.15, 0.2) is 174 Å². The van der Waals surface area contributed by atoms with Crippen molar-refractivity contribution >= 4 is 43.5 Å². The molecule has 1 aromatic heterocycles. The van der Waals surface area contributed by atoms with Crippen molar-refractivity contribution < 1.29 is 19.5 Å². The predicted octanol–water partition coefficient (Wildman–Crippen LogP) is 12.6. The second kappa shape index (κ2) is 10.4. The fraction of sp³-hybridized carbons (Fsp3) is 0. The SMILES string of the molecule is [2H]c1c([2H])c([2H])c(-c2c([2H])c([2H])c3oc4c(-c5c6ccccc6c(-c6ccc(-c7ccccc7)cc6)c6ccccc56)c([2H])c([2H])c([2H])c4c3c2[2H])c([2H])c1[2H]. The highest BCUT2D eigenvalue weighted by molar-refractivity contribution is 6.24. The van der Waals surface area contributed by atoms with Crippen LogP contribution >= 0.6 is 0 Å². The molecule has 45 heavy (non-hydrogen) atoms. The lowest BCUT2D eigenvalue weighted by atomic mass is 9.85. The minimum Gasteiger partial charge on any atom is -0.455 e. The van der Waals surface area contributed by atoms with E-state index in [1.165, 1.54) is 0 Å². The van der Waals surface area contributed by atoms with Gasteiger partial charge in [0.05, 0.1) is 15.1 Å². The van der Waals surface area contributed by atoms with Crippen LogP contribution in [0.4, 0.5) is 0 Å². The minimum atomic E-state index is -0.659. The van der Waals surface area contributed by atoms with Gasteiger partial charge < -0.3 is 4.42 Å². The molecule has 0 fully saturated rings. The molecule has 0 saturated heterocycles. The normalized spacial score (nSPS) is 15.0. The van der Waals surface area contributed by atoms with Gasteiger partial charge in [0.2, 0.25) is 0 Å². The molecule has 8 aromatic carbocycles. The van der Waals surface area contributed by atoms with Gasteiger partial charge in [-0.15, -0.1) is 0 Å². The standard InChI is InChI=1S/C44H28O/c1-3-12-29(13-4-1)31-22-24-32(25-23-31)42-34-16-7-9-18-36(34)43(37-19-10-8-17-35(37)42)39-21-11-20-38-40-28-33(30-14-5-2-6-15-30)26-27-41(40)45-44(38)39/h1-28H/i2D,5D,6D,11D,14D,15D,20D,21D,26D,27D,28D. The Hall–Kier alpha value is -5.92. The van der Waals surface area contributed by atoms with Crippen molar-refractivity contribution in [2.45, 2.75) is 0 Å². The van der Waals surface area contributed by atoms with E-state index in [0.717, 1.165) is 43.8 Å². The molecule has 0 atom stereocenters. The van der Waals surface area contributed by atoms with Gasteiger partial charge in [0.25, 0.3) is 0 Å². The first kappa shape index (κ1) is 16.8. The van der Waals surface area contributed by atoms with Crippen molar-refractivity contribution in [2.24, 2.45) is 0 Å². The summed E-state index contributed by atoms with van der Waals surface area (Å²) in [5.74, 6) is 0. The van der Waals surface area contributed by atoms with Gasteiger partial charge in [0, 0.05) is 21.9 Å². The fourth-order valence-corrected chi connectivity index (χ4v) is 6.27. The van der Waals surface area contributed by atoms with Crippen molar-refractivity contribution in [3.8, 4) is 44.5 Å². The number of rotatable bonds is 4. The predicted molar refractivity (Wildman–Crippen MR) is 190 cm³/mol. The molecule has 0 bridgehead atoms. The largest absolute Gasteiger partial charge is 0.455 e. The third-order valence-electron chi connectivity index (χ3n) is 8.27. The summed E-state index contributed by atoms with van der Waals surface area (Å²) in [6.45, 7) is 0. The summed E-state index contributed by atoms with van der Waals surface area (Å²) in [5.41, 5.74) is 3.73. The summed E-state index contributed by atoms with van der Waals surface area (Å²) >= 11 is 0. The minimum absolute atomic E-state index is 0.0270. The van der Waals surface area contributed by atoms with Gasteiger partial charge in [0.15, 0.2) is 0 Å². The van der Waals surface area contributed by atoms with Gasteiger partial charge in [0.1, 0.15) is 11.2 Å². The number of para-hydroxylation sites is 1. The van der Waals surface area contributed by atoms with E-state index in [9.17, 15) is 2.74 Å². The maximum absolute atomic E-state index is 9.36. The number of hydrogen-bond donors (Lipinski definition) is 0. The molecule has 9 aromatic rings. The fourth-order valence-electron chi connectivity index (χ4n) is 6.27. The highest BCUT2D eigenvalue weighted by atomic mass is 16.3. The molecule has 0 saturated carbocycles. The number of hydrogen-bond acceptors (Lipinski definition) is 1. The topological polar surface area (TPSA) is 13.1 Å². The maximum Gasteiger partial charge on any atom is 0.143 e. The molecule has 1 nitrogen and oxygen atoms in total. The Morgan fingerprint density at radius 3 is 1.67 bits per heavy atom. The molecule has 0 aliphatic heterocycles.